The summed E-state index contributed by atoms with van der Waals surface area (Å²) in [5.74, 6) is 0.460. The molecule has 2 heterocycles. The molecule has 0 aliphatic rings. The molecule has 0 saturated heterocycles. The molecule has 0 amide bonds. The molecule has 13 heavy (non-hydrogen) atoms. The number of pyridine rings is 1. The Bertz CT molecular complexity index is 452. The van der Waals surface area contributed by atoms with Crippen molar-refractivity contribution in [2.75, 3.05) is 7.11 Å². The molecular formula is C8H6N2O2S. The van der Waals surface area contributed by atoms with Crippen molar-refractivity contribution in [3.63, 3.8) is 0 Å². The quantitative estimate of drug-likeness (QED) is 0.680. The van der Waals surface area contributed by atoms with Gasteiger partial charge < -0.3 is 4.74 Å². The lowest BCUT2D eigenvalue weighted by Gasteiger charge is -1.96. The third-order valence-electron chi connectivity index (χ3n) is 1.58. The molecular weight excluding hydrogens is 188 g/mol. The molecule has 0 aromatic carbocycles. The third-order valence-corrected chi connectivity index (χ3v) is 2.53. The van der Waals surface area contributed by atoms with Crippen molar-refractivity contribution < 1.29 is 9.53 Å². The van der Waals surface area contributed by atoms with Gasteiger partial charge in [-0.25, -0.2) is 9.97 Å². The number of methoxy groups -OCH3 is 1. The maximum absolute atomic E-state index is 10.5. The zero-order valence-corrected chi connectivity index (χ0v) is 7.67. The van der Waals surface area contributed by atoms with Crippen LogP contribution >= 0.6 is 11.3 Å². The lowest BCUT2D eigenvalue weighted by atomic mass is 10.4. The van der Waals surface area contributed by atoms with Crippen LogP contribution in [0.3, 0.4) is 0 Å². The molecule has 0 fully saturated rings. The first-order valence-corrected chi connectivity index (χ1v) is 4.41. The molecule has 2 rings (SSSR count). The van der Waals surface area contributed by atoms with Gasteiger partial charge in [-0.1, -0.05) is 0 Å². The Kier molecular flexibility index (Phi) is 1.94. The largest absolute Gasteiger partial charge is 0.479 e. The summed E-state index contributed by atoms with van der Waals surface area (Å²) in [6.45, 7) is 0. The van der Waals surface area contributed by atoms with E-state index in [-0.39, 0.29) is 0 Å². The Morgan fingerprint density at radius 1 is 1.62 bits per heavy atom. The smallest absolute Gasteiger partial charge is 0.241 e. The number of aldehydes is 1. The van der Waals surface area contributed by atoms with E-state index in [0.29, 0.717) is 16.4 Å². The van der Waals surface area contributed by atoms with Gasteiger partial charge in [0.1, 0.15) is 5.52 Å². The highest BCUT2D eigenvalue weighted by molar-refractivity contribution is 7.20. The van der Waals surface area contributed by atoms with Gasteiger partial charge in [-0.3, -0.25) is 4.79 Å². The molecule has 2 aromatic heterocycles. The molecule has 2 aromatic rings. The number of aromatic nitrogens is 2. The second-order valence-electron chi connectivity index (χ2n) is 2.34. The Hall–Kier alpha value is -1.49. The van der Waals surface area contributed by atoms with Crippen LogP contribution in [0.15, 0.2) is 12.3 Å². The SMILES string of the molecule is COc1nccc2sc(C=O)nc12. The fraction of sp³-hybridized carbons (Fsp3) is 0.125. The van der Waals surface area contributed by atoms with Crippen molar-refractivity contribution in [2.45, 2.75) is 0 Å². The maximum atomic E-state index is 10.5. The van der Waals surface area contributed by atoms with E-state index < -0.39 is 0 Å². The van der Waals surface area contributed by atoms with Crippen molar-refractivity contribution in [3.8, 4) is 5.88 Å². The first-order chi connectivity index (χ1) is 6.35. The minimum atomic E-state index is 0.446. The van der Waals surface area contributed by atoms with E-state index in [1.165, 1.54) is 18.4 Å². The number of carbonyl (C=O) groups excluding carboxylic acids is 1. The minimum absolute atomic E-state index is 0.446. The van der Waals surface area contributed by atoms with E-state index in [1.54, 1.807) is 6.20 Å². The fourth-order valence-electron chi connectivity index (χ4n) is 1.05. The highest BCUT2D eigenvalue weighted by Gasteiger charge is 2.08. The molecule has 5 heteroatoms. The van der Waals surface area contributed by atoms with Crippen molar-refractivity contribution in [2.24, 2.45) is 0 Å². The van der Waals surface area contributed by atoms with Gasteiger partial charge >= 0.3 is 0 Å². The number of hydrogen-bond donors (Lipinski definition) is 0. The number of fused-ring (bicyclic) bond motifs is 1. The van der Waals surface area contributed by atoms with E-state index >= 15 is 0 Å². The number of nitrogens with zero attached hydrogens (tertiary/aromatic N) is 2. The van der Waals surface area contributed by atoms with E-state index in [2.05, 4.69) is 9.97 Å². The van der Waals surface area contributed by atoms with Crippen LogP contribution in [0.25, 0.3) is 10.2 Å². The Balaban J connectivity index is 2.74. The zero-order valence-electron chi connectivity index (χ0n) is 6.85. The van der Waals surface area contributed by atoms with Gasteiger partial charge in [0.05, 0.1) is 11.8 Å². The minimum Gasteiger partial charge on any atom is -0.479 e. The molecule has 4 nitrogen and oxygen atoms in total. The summed E-state index contributed by atoms with van der Waals surface area (Å²) in [4.78, 5) is 18.5. The predicted molar refractivity (Wildman–Crippen MR) is 49.4 cm³/mol. The van der Waals surface area contributed by atoms with Gasteiger partial charge in [-0.05, 0) is 6.07 Å². The molecule has 0 aliphatic heterocycles. The Labute approximate surface area is 78.2 Å². The van der Waals surface area contributed by atoms with Crippen molar-refractivity contribution in [3.05, 3.63) is 17.3 Å². The van der Waals surface area contributed by atoms with E-state index in [4.69, 9.17) is 4.74 Å². The summed E-state index contributed by atoms with van der Waals surface area (Å²) in [6, 6.07) is 1.81. The molecule has 66 valence electrons. The van der Waals surface area contributed by atoms with E-state index in [0.717, 1.165) is 11.0 Å². The normalized spacial score (nSPS) is 10.2. The Morgan fingerprint density at radius 2 is 2.46 bits per heavy atom. The van der Waals surface area contributed by atoms with Crippen LogP contribution in [0.2, 0.25) is 0 Å². The number of hydrogen-bond acceptors (Lipinski definition) is 5. The number of ether oxygens (including phenoxy) is 1. The van der Waals surface area contributed by atoms with E-state index in [1.807, 2.05) is 6.07 Å². The summed E-state index contributed by atoms with van der Waals surface area (Å²) in [5, 5.41) is 0.446. The van der Waals surface area contributed by atoms with Gasteiger partial charge in [0.25, 0.3) is 0 Å². The van der Waals surface area contributed by atoms with Crippen LogP contribution in [0, 0.1) is 0 Å². The molecule has 0 atom stereocenters. The van der Waals surface area contributed by atoms with E-state index in [9.17, 15) is 4.79 Å². The lowest BCUT2D eigenvalue weighted by Crippen LogP contribution is -1.87. The van der Waals surface area contributed by atoms with Crippen LogP contribution in [-0.4, -0.2) is 23.4 Å². The molecule has 0 spiro atoms. The Morgan fingerprint density at radius 3 is 3.15 bits per heavy atom. The highest BCUT2D eigenvalue weighted by atomic mass is 32.1. The van der Waals surface area contributed by atoms with Crippen LogP contribution < -0.4 is 4.74 Å². The predicted octanol–water partition coefficient (Wildman–Crippen LogP) is 1.51. The number of rotatable bonds is 2. The first-order valence-electron chi connectivity index (χ1n) is 3.60. The van der Waals surface area contributed by atoms with Gasteiger partial charge in [0.2, 0.25) is 5.88 Å². The van der Waals surface area contributed by atoms with Crippen LogP contribution in [0.1, 0.15) is 9.80 Å². The zero-order chi connectivity index (χ0) is 9.26. The van der Waals surface area contributed by atoms with Crippen molar-refractivity contribution in [1.29, 1.82) is 0 Å². The number of thiazole rings is 1. The van der Waals surface area contributed by atoms with Gasteiger partial charge in [-0.2, -0.15) is 0 Å². The highest BCUT2D eigenvalue weighted by Crippen LogP contribution is 2.26. The average Bonchev–Trinajstić information content (AvgIpc) is 2.59. The average molecular weight is 194 g/mol. The maximum Gasteiger partial charge on any atom is 0.241 e. The second-order valence-corrected chi connectivity index (χ2v) is 3.40. The molecule has 0 aliphatic carbocycles. The van der Waals surface area contributed by atoms with Gasteiger partial charge in [-0.15, -0.1) is 11.3 Å². The lowest BCUT2D eigenvalue weighted by molar-refractivity contribution is 0.112. The molecule has 0 bridgehead atoms. The first kappa shape index (κ1) is 8.12. The topological polar surface area (TPSA) is 52.1 Å². The summed E-state index contributed by atoms with van der Waals surface area (Å²) in [7, 11) is 1.53. The van der Waals surface area contributed by atoms with Crippen molar-refractivity contribution in [1.82, 2.24) is 9.97 Å². The molecule has 0 N–H and O–H groups in total. The number of carbonyl (C=O) groups is 1. The van der Waals surface area contributed by atoms with Gasteiger partial charge in [0.15, 0.2) is 11.3 Å². The summed E-state index contributed by atoms with van der Waals surface area (Å²) >= 11 is 1.33. The molecule has 0 unspecified atom stereocenters. The third kappa shape index (κ3) is 1.27. The summed E-state index contributed by atoms with van der Waals surface area (Å²) in [5.41, 5.74) is 0.650. The fourth-order valence-corrected chi connectivity index (χ4v) is 1.82. The van der Waals surface area contributed by atoms with Crippen molar-refractivity contribution >= 4 is 27.8 Å². The second kappa shape index (κ2) is 3.10. The standard InChI is InChI=1S/C8H6N2O2S/c1-12-8-7-5(2-3-9-8)13-6(4-11)10-7/h2-4H,1H3. The summed E-state index contributed by atoms with van der Waals surface area (Å²) < 4.78 is 5.91. The summed E-state index contributed by atoms with van der Waals surface area (Å²) in [6.07, 6.45) is 2.36. The molecule has 0 radical (unpaired) electrons. The molecule has 0 saturated carbocycles. The monoisotopic (exact) mass is 194 g/mol. The van der Waals surface area contributed by atoms with Crippen LogP contribution in [0.5, 0.6) is 5.88 Å². The van der Waals surface area contributed by atoms with Crippen LogP contribution in [-0.2, 0) is 0 Å². The van der Waals surface area contributed by atoms with Crippen LogP contribution in [0.4, 0.5) is 0 Å². The van der Waals surface area contributed by atoms with Gasteiger partial charge in [0, 0.05) is 6.20 Å².